The molecule has 24 heavy (non-hydrogen) atoms. The van der Waals surface area contributed by atoms with Crippen LogP contribution < -0.4 is 5.32 Å². The number of benzene rings is 2. The summed E-state index contributed by atoms with van der Waals surface area (Å²) in [5.74, 6) is 0.166. The molecule has 1 atom stereocenters. The Morgan fingerprint density at radius 1 is 1.08 bits per heavy atom. The second-order valence-corrected chi connectivity index (χ2v) is 8.36. The van der Waals surface area contributed by atoms with Crippen molar-refractivity contribution in [3.63, 3.8) is 0 Å². The van der Waals surface area contributed by atoms with Gasteiger partial charge in [-0.15, -0.1) is 0 Å². The van der Waals surface area contributed by atoms with Crippen molar-refractivity contribution in [1.29, 1.82) is 0 Å². The highest BCUT2D eigenvalue weighted by atomic mass is 32.2. The van der Waals surface area contributed by atoms with Crippen molar-refractivity contribution in [2.24, 2.45) is 5.92 Å². The third kappa shape index (κ3) is 3.97. The molecule has 1 heterocycles. The molecule has 0 amide bonds. The molecule has 0 bridgehead atoms. The van der Waals surface area contributed by atoms with Crippen LogP contribution in [0.3, 0.4) is 0 Å². The minimum atomic E-state index is -0.880. The summed E-state index contributed by atoms with van der Waals surface area (Å²) < 4.78 is 0. The van der Waals surface area contributed by atoms with E-state index < -0.39 is 11.9 Å². The zero-order valence-corrected chi connectivity index (χ0v) is 14.3. The Morgan fingerprint density at radius 3 is 2.54 bits per heavy atom. The summed E-state index contributed by atoms with van der Waals surface area (Å²) in [7, 11) is -0.276. The summed E-state index contributed by atoms with van der Waals surface area (Å²) >= 11 is 0. The maximum atomic E-state index is 12.5. The van der Waals surface area contributed by atoms with E-state index in [4.69, 9.17) is 0 Å². The van der Waals surface area contributed by atoms with Crippen LogP contribution in [-0.4, -0.2) is 40.8 Å². The standard InChI is InChI=1S/C19H21NO3S/c21-18(24-10-8-20-9-11-24)13-16(19(22)23)12-15-6-3-5-14-4-1-2-7-17(14)15/h1-7,16,20H,8-13H2/p+1. The quantitative estimate of drug-likeness (QED) is 0.816. The number of carboxylic acids is 1. The van der Waals surface area contributed by atoms with Gasteiger partial charge in [-0.3, -0.25) is 4.79 Å². The fraction of sp³-hybridized carbons (Fsp3) is 0.368. The second kappa shape index (κ2) is 7.81. The number of rotatable bonds is 5. The molecule has 0 spiro atoms. The predicted octanol–water partition coefficient (Wildman–Crippen LogP) is 2.22. The van der Waals surface area contributed by atoms with Crippen LogP contribution in [0.1, 0.15) is 12.0 Å². The molecule has 1 aliphatic heterocycles. The fourth-order valence-corrected chi connectivity index (χ4v) is 5.03. The average molecular weight is 344 g/mol. The first-order valence-electron chi connectivity index (χ1n) is 8.25. The van der Waals surface area contributed by atoms with Crippen LogP contribution in [0.4, 0.5) is 0 Å². The Morgan fingerprint density at radius 2 is 1.79 bits per heavy atom. The van der Waals surface area contributed by atoms with Gasteiger partial charge in [0.2, 0.25) is 0 Å². The molecule has 0 radical (unpaired) electrons. The number of aliphatic carboxylic acids is 1. The van der Waals surface area contributed by atoms with Crippen LogP contribution in [0, 0.1) is 5.92 Å². The van der Waals surface area contributed by atoms with Gasteiger partial charge in [-0.25, -0.2) is 4.79 Å². The lowest BCUT2D eigenvalue weighted by Gasteiger charge is -2.16. The van der Waals surface area contributed by atoms with Crippen molar-refractivity contribution in [2.45, 2.75) is 12.8 Å². The summed E-state index contributed by atoms with van der Waals surface area (Å²) in [5, 5.41) is 15.1. The lowest BCUT2D eigenvalue weighted by atomic mass is 9.93. The number of hydrogen-bond donors (Lipinski definition) is 2. The number of carbonyl (C=O) groups excluding carboxylic acids is 1. The van der Waals surface area contributed by atoms with Crippen molar-refractivity contribution in [1.82, 2.24) is 5.32 Å². The Hall–Kier alpha value is -1.85. The summed E-state index contributed by atoms with van der Waals surface area (Å²) in [4.78, 5) is 24.2. The van der Waals surface area contributed by atoms with Crippen LogP contribution >= 0.6 is 0 Å². The van der Waals surface area contributed by atoms with Gasteiger partial charge in [0, 0.05) is 13.1 Å². The van der Waals surface area contributed by atoms with Crippen LogP contribution in [-0.2, 0) is 26.9 Å². The van der Waals surface area contributed by atoms with Crippen molar-refractivity contribution < 1.29 is 14.7 Å². The number of carboxylic acid groups (broad SMARTS) is 1. The van der Waals surface area contributed by atoms with Gasteiger partial charge in [-0.1, -0.05) is 42.5 Å². The molecule has 0 aliphatic carbocycles. The molecule has 5 heteroatoms. The van der Waals surface area contributed by atoms with Gasteiger partial charge in [0.15, 0.2) is 0 Å². The SMILES string of the molecule is O=C(O)C(CC(=O)[S+]1CCNCC1)Cc1cccc2ccccc12. The second-order valence-electron chi connectivity index (χ2n) is 6.10. The summed E-state index contributed by atoms with van der Waals surface area (Å²) in [6, 6.07) is 13.9. The minimum Gasteiger partial charge on any atom is -0.481 e. The molecule has 0 aromatic heterocycles. The Kier molecular flexibility index (Phi) is 5.53. The van der Waals surface area contributed by atoms with Gasteiger partial charge in [0.05, 0.1) is 23.2 Å². The smallest absolute Gasteiger partial charge is 0.332 e. The third-order valence-corrected chi connectivity index (χ3v) is 6.69. The normalized spacial score (nSPS) is 16.8. The first kappa shape index (κ1) is 17.0. The molecule has 3 rings (SSSR count). The molecule has 2 aromatic carbocycles. The molecule has 2 N–H and O–H groups in total. The maximum Gasteiger partial charge on any atom is 0.332 e. The molecular formula is C19H22NO3S+. The van der Waals surface area contributed by atoms with E-state index in [0.29, 0.717) is 6.42 Å². The van der Waals surface area contributed by atoms with Crippen molar-refractivity contribution in [3.8, 4) is 0 Å². The van der Waals surface area contributed by atoms with Gasteiger partial charge in [0.1, 0.15) is 11.5 Å². The molecular weight excluding hydrogens is 322 g/mol. The predicted molar refractivity (Wildman–Crippen MR) is 98.4 cm³/mol. The number of carbonyl (C=O) groups is 2. The van der Waals surface area contributed by atoms with Gasteiger partial charge in [-0.2, -0.15) is 0 Å². The van der Waals surface area contributed by atoms with Gasteiger partial charge in [0.25, 0.3) is 0 Å². The van der Waals surface area contributed by atoms with E-state index in [1.54, 1.807) is 0 Å². The lowest BCUT2D eigenvalue weighted by molar-refractivity contribution is -0.143. The van der Waals surface area contributed by atoms with Crippen LogP contribution in [0.15, 0.2) is 42.5 Å². The summed E-state index contributed by atoms with van der Waals surface area (Å²) in [6.45, 7) is 1.71. The van der Waals surface area contributed by atoms with Crippen LogP contribution in [0.5, 0.6) is 0 Å². The summed E-state index contributed by atoms with van der Waals surface area (Å²) in [5.41, 5.74) is 1.00. The van der Waals surface area contributed by atoms with Crippen molar-refractivity contribution >= 4 is 32.8 Å². The Bertz CT molecular complexity index is 735. The fourth-order valence-electron chi connectivity index (χ4n) is 3.15. The molecule has 4 nitrogen and oxygen atoms in total. The highest BCUT2D eigenvalue weighted by Gasteiger charge is 2.34. The number of hydrogen-bond acceptors (Lipinski definition) is 3. The first-order valence-corrected chi connectivity index (χ1v) is 9.82. The molecule has 2 aromatic rings. The van der Waals surface area contributed by atoms with E-state index in [0.717, 1.165) is 40.9 Å². The largest absolute Gasteiger partial charge is 0.481 e. The van der Waals surface area contributed by atoms with Gasteiger partial charge in [-0.05, 0) is 22.8 Å². The molecule has 1 fully saturated rings. The van der Waals surface area contributed by atoms with E-state index >= 15 is 0 Å². The van der Waals surface area contributed by atoms with E-state index in [1.807, 2.05) is 42.5 Å². The zero-order valence-electron chi connectivity index (χ0n) is 13.5. The van der Waals surface area contributed by atoms with Crippen LogP contribution in [0.2, 0.25) is 0 Å². The molecule has 126 valence electrons. The number of nitrogens with one attached hydrogen (secondary N) is 1. The van der Waals surface area contributed by atoms with Gasteiger partial charge < -0.3 is 10.4 Å². The minimum absolute atomic E-state index is 0.129. The van der Waals surface area contributed by atoms with E-state index in [9.17, 15) is 14.7 Å². The first-order chi connectivity index (χ1) is 11.6. The highest BCUT2D eigenvalue weighted by Crippen LogP contribution is 2.23. The van der Waals surface area contributed by atoms with Gasteiger partial charge >= 0.3 is 11.1 Å². The van der Waals surface area contributed by atoms with E-state index in [2.05, 4.69) is 5.32 Å². The topological polar surface area (TPSA) is 66.4 Å². The molecule has 1 saturated heterocycles. The lowest BCUT2D eigenvalue weighted by Crippen LogP contribution is -2.40. The monoisotopic (exact) mass is 344 g/mol. The molecule has 1 aliphatic rings. The molecule has 0 saturated carbocycles. The molecule has 1 unspecified atom stereocenters. The average Bonchev–Trinajstić information content (AvgIpc) is 2.62. The zero-order chi connectivity index (χ0) is 16.9. The van der Waals surface area contributed by atoms with Crippen molar-refractivity contribution in [2.75, 3.05) is 24.6 Å². The maximum absolute atomic E-state index is 12.5. The summed E-state index contributed by atoms with van der Waals surface area (Å²) in [6.07, 6.45) is 0.541. The van der Waals surface area contributed by atoms with Crippen molar-refractivity contribution in [3.05, 3.63) is 48.0 Å². The highest BCUT2D eigenvalue weighted by molar-refractivity contribution is 8.10. The Labute approximate surface area is 144 Å². The van der Waals surface area contributed by atoms with E-state index in [1.165, 1.54) is 0 Å². The van der Waals surface area contributed by atoms with E-state index in [-0.39, 0.29) is 22.4 Å². The van der Waals surface area contributed by atoms with Crippen LogP contribution in [0.25, 0.3) is 10.8 Å². The Balaban J connectivity index is 1.76. The third-order valence-electron chi connectivity index (χ3n) is 4.48. The number of fused-ring (bicyclic) bond motifs is 1.